The number of anilines is 1. The van der Waals surface area contributed by atoms with Gasteiger partial charge in [-0.25, -0.2) is 4.79 Å². The average Bonchev–Trinajstić information content (AvgIpc) is 2.81. The minimum atomic E-state index is -0.395. The molecular weight excluding hydrogens is 264 g/mol. The van der Waals surface area contributed by atoms with Gasteiger partial charge in [-0.15, -0.1) is 0 Å². The Balaban J connectivity index is 2.22. The number of hydrogen-bond donors (Lipinski definition) is 2. The molecule has 0 bridgehead atoms. The second kappa shape index (κ2) is 6.48. The van der Waals surface area contributed by atoms with E-state index in [1.165, 1.54) is 5.56 Å². The first-order valence-electron chi connectivity index (χ1n) is 7.26. The van der Waals surface area contributed by atoms with Crippen molar-refractivity contribution in [2.75, 3.05) is 12.3 Å². The molecular formula is C17H22N2O2. The molecule has 0 amide bonds. The van der Waals surface area contributed by atoms with Crippen LogP contribution in [-0.2, 0) is 11.2 Å². The van der Waals surface area contributed by atoms with Crippen molar-refractivity contribution >= 4 is 11.8 Å². The largest absolute Gasteiger partial charge is 0.462 e. The molecule has 1 aromatic heterocycles. The van der Waals surface area contributed by atoms with Gasteiger partial charge in [-0.3, -0.25) is 0 Å². The Morgan fingerprint density at radius 3 is 2.52 bits per heavy atom. The fourth-order valence-electron chi connectivity index (χ4n) is 2.30. The van der Waals surface area contributed by atoms with Crippen molar-refractivity contribution in [1.82, 2.24) is 4.98 Å². The molecule has 0 unspecified atom stereocenters. The number of rotatable bonds is 5. The van der Waals surface area contributed by atoms with Crippen LogP contribution in [0.15, 0.2) is 30.3 Å². The highest BCUT2D eigenvalue weighted by molar-refractivity contribution is 5.96. The summed E-state index contributed by atoms with van der Waals surface area (Å²) < 4.78 is 4.98. The number of hydrogen-bond acceptors (Lipinski definition) is 3. The molecule has 0 atom stereocenters. The van der Waals surface area contributed by atoms with E-state index in [4.69, 9.17) is 10.5 Å². The number of carbonyl (C=O) groups excluding carboxylic acids is 1. The Labute approximate surface area is 125 Å². The minimum absolute atomic E-state index is 0.336. The van der Waals surface area contributed by atoms with E-state index in [9.17, 15) is 4.79 Å². The number of benzene rings is 1. The predicted molar refractivity (Wildman–Crippen MR) is 85.1 cm³/mol. The lowest BCUT2D eigenvalue weighted by molar-refractivity contribution is 0.0528. The van der Waals surface area contributed by atoms with E-state index in [2.05, 4.69) is 31.0 Å². The van der Waals surface area contributed by atoms with Gasteiger partial charge in [-0.2, -0.15) is 0 Å². The standard InChI is InChI=1S/C17H22N2O2/c1-4-21-17(20)14-10-15(19-16(14)18)13-7-5-12(6-8-13)9-11(2)3/h5-8,10-11,19H,4,9,18H2,1-3H3. The summed E-state index contributed by atoms with van der Waals surface area (Å²) in [5, 5.41) is 0. The number of nitrogens with two attached hydrogens (primary N) is 1. The van der Waals surface area contributed by atoms with Crippen molar-refractivity contribution in [1.29, 1.82) is 0 Å². The van der Waals surface area contributed by atoms with Crippen LogP contribution in [0.5, 0.6) is 0 Å². The highest BCUT2D eigenvalue weighted by atomic mass is 16.5. The Hall–Kier alpha value is -2.23. The van der Waals surface area contributed by atoms with Gasteiger partial charge in [0, 0.05) is 5.69 Å². The first-order chi connectivity index (χ1) is 10.0. The van der Waals surface area contributed by atoms with Gasteiger partial charge in [-0.1, -0.05) is 38.1 Å². The van der Waals surface area contributed by atoms with Gasteiger partial charge in [-0.05, 0) is 36.5 Å². The molecule has 21 heavy (non-hydrogen) atoms. The first-order valence-corrected chi connectivity index (χ1v) is 7.26. The number of esters is 1. The fourth-order valence-corrected chi connectivity index (χ4v) is 2.30. The van der Waals surface area contributed by atoms with E-state index in [0.717, 1.165) is 17.7 Å². The second-order valence-electron chi connectivity index (χ2n) is 5.53. The van der Waals surface area contributed by atoms with Gasteiger partial charge in [0.1, 0.15) is 11.4 Å². The molecule has 4 nitrogen and oxygen atoms in total. The zero-order valence-corrected chi connectivity index (χ0v) is 12.8. The van der Waals surface area contributed by atoms with E-state index >= 15 is 0 Å². The van der Waals surface area contributed by atoms with Gasteiger partial charge in [0.25, 0.3) is 0 Å². The lowest BCUT2D eigenvalue weighted by Gasteiger charge is -2.05. The third kappa shape index (κ3) is 3.66. The van der Waals surface area contributed by atoms with Crippen LogP contribution in [0.4, 0.5) is 5.82 Å². The summed E-state index contributed by atoms with van der Waals surface area (Å²) in [5.41, 5.74) is 9.37. The van der Waals surface area contributed by atoms with E-state index in [1.54, 1.807) is 13.0 Å². The fraction of sp³-hybridized carbons (Fsp3) is 0.353. The molecule has 0 aliphatic rings. The Morgan fingerprint density at radius 2 is 1.95 bits per heavy atom. The molecule has 1 heterocycles. The number of aromatic nitrogens is 1. The highest BCUT2D eigenvalue weighted by Gasteiger charge is 2.15. The maximum atomic E-state index is 11.8. The normalized spacial score (nSPS) is 10.9. The third-order valence-corrected chi connectivity index (χ3v) is 3.25. The summed E-state index contributed by atoms with van der Waals surface area (Å²) in [4.78, 5) is 14.8. The lowest BCUT2D eigenvalue weighted by atomic mass is 10.0. The van der Waals surface area contributed by atoms with Crippen LogP contribution in [0.25, 0.3) is 11.3 Å². The topological polar surface area (TPSA) is 68.1 Å². The lowest BCUT2D eigenvalue weighted by Crippen LogP contribution is -2.05. The van der Waals surface area contributed by atoms with Crippen molar-refractivity contribution in [2.24, 2.45) is 5.92 Å². The Kier molecular flexibility index (Phi) is 4.68. The van der Waals surface area contributed by atoms with Gasteiger partial charge in [0.2, 0.25) is 0 Å². The molecule has 0 saturated heterocycles. The first kappa shape index (κ1) is 15.2. The number of nitrogens with one attached hydrogen (secondary N) is 1. The predicted octanol–water partition coefficient (Wildman–Crippen LogP) is 3.64. The van der Waals surface area contributed by atoms with Crippen LogP contribution in [0.1, 0.15) is 36.7 Å². The number of H-pyrrole nitrogens is 1. The molecule has 0 aliphatic carbocycles. The molecule has 0 radical (unpaired) electrons. The summed E-state index contributed by atoms with van der Waals surface area (Å²) in [5.74, 6) is 0.580. The maximum Gasteiger partial charge on any atom is 0.341 e. The van der Waals surface area contributed by atoms with Gasteiger partial charge in [0.15, 0.2) is 0 Å². The monoisotopic (exact) mass is 286 g/mol. The van der Waals surface area contributed by atoms with Crippen LogP contribution in [0.2, 0.25) is 0 Å². The highest BCUT2D eigenvalue weighted by Crippen LogP contribution is 2.24. The quantitative estimate of drug-likeness (QED) is 0.824. The molecule has 0 aliphatic heterocycles. The van der Waals surface area contributed by atoms with Crippen molar-refractivity contribution in [2.45, 2.75) is 27.2 Å². The zero-order valence-electron chi connectivity index (χ0n) is 12.8. The number of ether oxygens (including phenoxy) is 1. The van der Waals surface area contributed by atoms with E-state index < -0.39 is 5.97 Å². The van der Waals surface area contributed by atoms with E-state index in [1.807, 2.05) is 12.1 Å². The van der Waals surface area contributed by atoms with E-state index in [0.29, 0.717) is 23.9 Å². The summed E-state index contributed by atoms with van der Waals surface area (Å²) in [7, 11) is 0. The summed E-state index contributed by atoms with van der Waals surface area (Å²) in [6, 6.07) is 10.0. The molecule has 1 aromatic carbocycles. The Morgan fingerprint density at radius 1 is 1.29 bits per heavy atom. The average molecular weight is 286 g/mol. The Bertz CT molecular complexity index is 612. The molecule has 4 heteroatoms. The van der Waals surface area contributed by atoms with Crippen molar-refractivity contribution in [3.8, 4) is 11.3 Å². The summed E-state index contributed by atoms with van der Waals surface area (Å²) >= 11 is 0. The summed E-state index contributed by atoms with van der Waals surface area (Å²) in [6.45, 7) is 6.51. The minimum Gasteiger partial charge on any atom is -0.462 e. The molecule has 0 saturated carbocycles. The number of nitrogen functional groups attached to an aromatic ring is 1. The molecule has 112 valence electrons. The van der Waals surface area contributed by atoms with Crippen molar-refractivity contribution in [3.63, 3.8) is 0 Å². The van der Waals surface area contributed by atoms with Crippen LogP contribution in [0, 0.1) is 5.92 Å². The molecule has 2 rings (SSSR count). The molecule has 0 fully saturated rings. The van der Waals surface area contributed by atoms with Crippen molar-refractivity contribution < 1.29 is 9.53 Å². The third-order valence-electron chi connectivity index (χ3n) is 3.25. The van der Waals surface area contributed by atoms with Gasteiger partial charge in [0.05, 0.1) is 6.61 Å². The van der Waals surface area contributed by atoms with Crippen LogP contribution < -0.4 is 5.73 Å². The molecule has 0 spiro atoms. The number of aromatic amines is 1. The summed E-state index contributed by atoms with van der Waals surface area (Å²) in [6.07, 6.45) is 1.06. The maximum absolute atomic E-state index is 11.8. The second-order valence-corrected chi connectivity index (χ2v) is 5.53. The van der Waals surface area contributed by atoms with Crippen molar-refractivity contribution in [3.05, 3.63) is 41.5 Å². The molecule has 3 N–H and O–H groups in total. The molecule has 2 aromatic rings. The van der Waals surface area contributed by atoms with Gasteiger partial charge < -0.3 is 15.5 Å². The van der Waals surface area contributed by atoms with E-state index in [-0.39, 0.29) is 0 Å². The van der Waals surface area contributed by atoms with Gasteiger partial charge >= 0.3 is 5.97 Å². The SMILES string of the molecule is CCOC(=O)c1cc(-c2ccc(CC(C)C)cc2)[nH]c1N. The number of carbonyl (C=O) groups is 1. The zero-order chi connectivity index (χ0) is 15.4. The van der Waals surface area contributed by atoms with Crippen LogP contribution in [0.3, 0.4) is 0 Å². The van der Waals surface area contributed by atoms with Crippen LogP contribution >= 0.6 is 0 Å². The van der Waals surface area contributed by atoms with Crippen LogP contribution in [-0.4, -0.2) is 17.6 Å². The smallest absolute Gasteiger partial charge is 0.341 e.